The average molecular weight is 180 g/mol. The first-order valence-electron chi connectivity index (χ1n) is 3.45. The van der Waals surface area contributed by atoms with Crippen molar-refractivity contribution in [2.45, 2.75) is 6.92 Å². The number of allylic oxidation sites excluding steroid dienone is 1. The maximum Gasteiger partial charge on any atom is 0.160 e. The number of hydrogen-bond donors (Lipinski definition) is 0. The third-order valence-electron chi connectivity index (χ3n) is 1.27. The summed E-state index contributed by atoms with van der Waals surface area (Å²) in [5, 5.41) is 1.84. The Hall–Kier alpha value is -1.22. The minimum absolute atomic E-state index is 0.00820. The maximum absolute atomic E-state index is 10.5. The van der Waals surface area contributed by atoms with Crippen LogP contribution in [0.3, 0.4) is 0 Å². The molecule has 0 spiro atoms. The Labute approximate surface area is 74.5 Å². The van der Waals surface area contributed by atoms with Crippen LogP contribution in [0.5, 0.6) is 0 Å². The zero-order chi connectivity index (χ0) is 8.97. The quantitative estimate of drug-likeness (QED) is 0.527. The zero-order valence-electron chi connectivity index (χ0n) is 6.61. The molecule has 2 nitrogen and oxygen atoms in total. The second-order valence-corrected chi connectivity index (χ2v) is 3.29. The van der Waals surface area contributed by atoms with Crippen molar-refractivity contribution in [3.8, 4) is 0 Å². The third kappa shape index (κ3) is 2.43. The number of aldehydes is 1. The van der Waals surface area contributed by atoms with E-state index < -0.39 is 0 Å². The Morgan fingerprint density at radius 2 is 2.33 bits per heavy atom. The van der Waals surface area contributed by atoms with Crippen LogP contribution >= 0.6 is 11.3 Å². The van der Waals surface area contributed by atoms with Gasteiger partial charge in [0.15, 0.2) is 12.1 Å². The molecule has 1 aromatic rings. The van der Waals surface area contributed by atoms with Gasteiger partial charge in [0.2, 0.25) is 0 Å². The highest BCUT2D eigenvalue weighted by Gasteiger charge is 1.94. The van der Waals surface area contributed by atoms with Gasteiger partial charge in [-0.3, -0.25) is 9.59 Å². The first-order valence-corrected chi connectivity index (χ1v) is 4.32. The van der Waals surface area contributed by atoms with Crippen LogP contribution in [0.15, 0.2) is 17.5 Å². The van der Waals surface area contributed by atoms with E-state index in [2.05, 4.69) is 0 Å². The van der Waals surface area contributed by atoms with E-state index in [-0.39, 0.29) is 5.78 Å². The molecular weight excluding hydrogens is 172 g/mol. The molecule has 1 aromatic heterocycles. The zero-order valence-corrected chi connectivity index (χ0v) is 7.43. The van der Waals surface area contributed by atoms with Crippen molar-refractivity contribution in [2.75, 3.05) is 0 Å². The van der Waals surface area contributed by atoms with Gasteiger partial charge in [-0.2, -0.15) is 0 Å². The monoisotopic (exact) mass is 180 g/mol. The first-order chi connectivity index (χ1) is 5.72. The van der Waals surface area contributed by atoms with Crippen molar-refractivity contribution in [1.82, 2.24) is 0 Å². The lowest BCUT2D eigenvalue weighted by molar-refractivity contribution is -0.112. The highest BCUT2D eigenvalue weighted by Crippen LogP contribution is 2.13. The Bertz CT molecular complexity index is 323. The molecule has 3 heteroatoms. The van der Waals surface area contributed by atoms with E-state index in [0.29, 0.717) is 4.88 Å². The fraction of sp³-hybridized carbons (Fsp3) is 0.111. The molecule has 0 N–H and O–H groups in total. The van der Waals surface area contributed by atoms with Crippen molar-refractivity contribution >= 4 is 29.5 Å². The maximum atomic E-state index is 10.5. The Balaban J connectivity index is 2.76. The van der Waals surface area contributed by atoms with Crippen molar-refractivity contribution in [2.24, 2.45) is 0 Å². The topological polar surface area (TPSA) is 34.1 Å². The molecule has 0 aliphatic rings. The van der Waals surface area contributed by atoms with Crippen LogP contribution in [0.1, 0.15) is 22.2 Å². The summed E-state index contributed by atoms with van der Waals surface area (Å²) < 4.78 is 0. The summed E-state index contributed by atoms with van der Waals surface area (Å²) in [5.74, 6) is 0.00820. The van der Waals surface area contributed by atoms with E-state index in [0.717, 1.165) is 11.8 Å². The van der Waals surface area contributed by atoms with E-state index in [1.165, 1.54) is 24.3 Å². The molecule has 0 radical (unpaired) electrons. The molecule has 0 unspecified atom stereocenters. The fourth-order valence-corrected chi connectivity index (χ4v) is 1.41. The second-order valence-electron chi connectivity index (χ2n) is 2.34. The largest absolute Gasteiger partial charge is 0.297 e. The highest BCUT2D eigenvalue weighted by molar-refractivity contribution is 7.11. The van der Waals surface area contributed by atoms with Crippen LogP contribution in [0, 0.1) is 0 Å². The van der Waals surface area contributed by atoms with Crippen molar-refractivity contribution in [1.29, 1.82) is 0 Å². The van der Waals surface area contributed by atoms with Gasteiger partial charge >= 0.3 is 0 Å². The van der Waals surface area contributed by atoms with E-state index >= 15 is 0 Å². The van der Waals surface area contributed by atoms with Gasteiger partial charge in [0, 0.05) is 0 Å². The van der Waals surface area contributed by atoms with E-state index in [1.807, 2.05) is 5.38 Å². The number of thiophene rings is 1. The number of ketones is 1. The van der Waals surface area contributed by atoms with E-state index in [9.17, 15) is 9.59 Å². The molecule has 1 rings (SSSR count). The Morgan fingerprint density at radius 3 is 2.83 bits per heavy atom. The van der Waals surface area contributed by atoms with E-state index in [1.54, 1.807) is 12.1 Å². The highest BCUT2D eigenvalue weighted by atomic mass is 32.1. The summed E-state index contributed by atoms with van der Waals surface area (Å²) in [4.78, 5) is 21.5. The molecule has 0 saturated carbocycles. The predicted octanol–water partition coefficient (Wildman–Crippen LogP) is 2.16. The number of carbonyl (C=O) groups excluding carboxylic acids is 2. The SMILES string of the molecule is CC(=O)C=Cc1csc(C=O)c1. The van der Waals surface area contributed by atoms with Gasteiger partial charge in [-0.15, -0.1) is 11.3 Å². The van der Waals surface area contributed by atoms with Gasteiger partial charge in [-0.05, 0) is 30.0 Å². The minimum atomic E-state index is 0.00820. The van der Waals surface area contributed by atoms with Crippen LogP contribution in [-0.4, -0.2) is 12.1 Å². The normalized spacial score (nSPS) is 10.4. The van der Waals surface area contributed by atoms with Crippen LogP contribution in [0.4, 0.5) is 0 Å². The van der Waals surface area contributed by atoms with Crippen molar-refractivity contribution in [3.05, 3.63) is 28.0 Å². The molecule has 0 amide bonds. The van der Waals surface area contributed by atoms with Crippen molar-refractivity contribution < 1.29 is 9.59 Å². The van der Waals surface area contributed by atoms with Crippen molar-refractivity contribution in [3.63, 3.8) is 0 Å². The molecule has 1 heterocycles. The molecule has 0 aliphatic heterocycles. The lowest BCUT2D eigenvalue weighted by atomic mass is 10.2. The summed E-state index contributed by atoms with van der Waals surface area (Å²) in [6, 6.07) is 1.75. The van der Waals surface area contributed by atoms with Gasteiger partial charge in [0.25, 0.3) is 0 Å². The van der Waals surface area contributed by atoms with Gasteiger partial charge < -0.3 is 0 Å². The smallest absolute Gasteiger partial charge is 0.160 e. The van der Waals surface area contributed by atoms with Gasteiger partial charge in [0.1, 0.15) is 0 Å². The van der Waals surface area contributed by atoms with Gasteiger partial charge in [0.05, 0.1) is 4.88 Å². The summed E-state index contributed by atoms with van der Waals surface area (Å²) in [6.07, 6.45) is 3.98. The average Bonchev–Trinajstić information content (AvgIpc) is 2.48. The fourth-order valence-electron chi connectivity index (χ4n) is 0.731. The molecule has 0 bridgehead atoms. The molecule has 12 heavy (non-hydrogen) atoms. The first kappa shape index (κ1) is 8.87. The molecule has 0 saturated heterocycles. The lowest BCUT2D eigenvalue weighted by Crippen LogP contribution is -1.78. The molecule has 0 atom stereocenters. The Kier molecular flexibility index (Phi) is 2.94. The van der Waals surface area contributed by atoms with Crippen LogP contribution in [0.2, 0.25) is 0 Å². The van der Waals surface area contributed by atoms with Crippen LogP contribution < -0.4 is 0 Å². The summed E-state index contributed by atoms with van der Waals surface area (Å²) in [6.45, 7) is 1.49. The van der Waals surface area contributed by atoms with E-state index in [4.69, 9.17) is 0 Å². The summed E-state index contributed by atoms with van der Waals surface area (Å²) in [5.41, 5.74) is 0.900. The van der Waals surface area contributed by atoms with Gasteiger partial charge in [-0.25, -0.2) is 0 Å². The van der Waals surface area contributed by atoms with Gasteiger partial charge in [-0.1, -0.05) is 6.08 Å². The predicted molar refractivity (Wildman–Crippen MR) is 49.4 cm³/mol. The molecular formula is C9H8O2S. The second kappa shape index (κ2) is 3.97. The number of hydrogen-bond acceptors (Lipinski definition) is 3. The van der Waals surface area contributed by atoms with Crippen LogP contribution in [-0.2, 0) is 4.79 Å². The number of carbonyl (C=O) groups is 2. The number of rotatable bonds is 3. The minimum Gasteiger partial charge on any atom is -0.297 e. The lowest BCUT2D eigenvalue weighted by Gasteiger charge is -1.80. The third-order valence-corrected chi connectivity index (χ3v) is 2.14. The summed E-state index contributed by atoms with van der Waals surface area (Å²) >= 11 is 1.37. The molecule has 0 aliphatic carbocycles. The summed E-state index contributed by atoms with van der Waals surface area (Å²) in [7, 11) is 0. The standard InChI is InChI=1S/C9H8O2S/c1-7(11)2-3-8-4-9(5-10)12-6-8/h2-6H,1H3. The molecule has 0 fully saturated rings. The molecule has 62 valence electrons. The molecule has 0 aromatic carbocycles. The van der Waals surface area contributed by atoms with Crippen LogP contribution in [0.25, 0.3) is 6.08 Å². The Morgan fingerprint density at radius 1 is 1.58 bits per heavy atom.